The maximum atomic E-state index is 10.8. The summed E-state index contributed by atoms with van der Waals surface area (Å²) in [6.07, 6.45) is 4.04. The van der Waals surface area contributed by atoms with Crippen LogP contribution in [0.15, 0.2) is 30.6 Å². The Kier molecular flexibility index (Phi) is 4.66. The zero-order chi connectivity index (χ0) is 14.1. The normalized spacial score (nSPS) is 13.3. The molecule has 21 heavy (non-hydrogen) atoms. The molecule has 0 bridgehead atoms. The van der Waals surface area contributed by atoms with E-state index >= 15 is 0 Å². The van der Waals surface area contributed by atoms with Crippen LogP contribution < -0.4 is 28.9 Å². The van der Waals surface area contributed by atoms with Gasteiger partial charge in [-0.25, -0.2) is 4.98 Å². The average Bonchev–Trinajstić information content (AvgIpc) is 2.46. The zero-order valence-electron chi connectivity index (χ0n) is 12.2. The molecule has 0 N–H and O–H groups in total. The molecule has 0 radical (unpaired) electrons. The zero-order valence-corrected chi connectivity index (χ0v) is 12.2. The number of carboxylic acid groups (broad SMARTS) is 1. The number of aromatic carboxylic acids is 1. The Labute approximate surface area is 135 Å². The van der Waals surface area contributed by atoms with E-state index in [1.807, 2.05) is 19.2 Å². The molecule has 1 aliphatic heterocycles. The van der Waals surface area contributed by atoms with Gasteiger partial charge in [-0.1, -0.05) is 6.07 Å². The smallest absolute Gasteiger partial charge is 0.545 e. The van der Waals surface area contributed by atoms with Crippen molar-refractivity contribution in [2.45, 2.75) is 19.9 Å². The number of aryl methyl sites for hydroxylation is 1. The number of fused-ring (bicyclic) bond motifs is 1. The third-order valence-electron chi connectivity index (χ3n) is 3.55. The van der Waals surface area contributed by atoms with Crippen molar-refractivity contribution in [3.63, 3.8) is 0 Å². The quantitative estimate of drug-likeness (QED) is 0.577. The van der Waals surface area contributed by atoms with Gasteiger partial charge in [-0.05, 0) is 30.2 Å². The molecule has 0 saturated carbocycles. The first kappa shape index (κ1) is 15.6. The number of aromatic nitrogens is 2. The Morgan fingerprint density at radius 3 is 2.90 bits per heavy atom. The van der Waals surface area contributed by atoms with Crippen molar-refractivity contribution in [1.82, 2.24) is 9.97 Å². The van der Waals surface area contributed by atoms with Gasteiger partial charge in [0.1, 0.15) is 5.82 Å². The first-order chi connectivity index (χ1) is 9.65. The first-order valence-corrected chi connectivity index (χ1v) is 6.51. The van der Waals surface area contributed by atoms with Crippen LogP contribution in [0.1, 0.15) is 27.2 Å². The number of rotatable bonds is 2. The van der Waals surface area contributed by atoms with E-state index in [1.165, 1.54) is 11.8 Å². The van der Waals surface area contributed by atoms with Crippen molar-refractivity contribution < 1.29 is 28.8 Å². The summed E-state index contributed by atoms with van der Waals surface area (Å²) in [6.45, 7) is 3.46. The third kappa shape index (κ3) is 3.10. The molecule has 2 aromatic heterocycles. The van der Waals surface area contributed by atoms with Crippen LogP contribution in [0.4, 0.5) is 5.82 Å². The Morgan fingerprint density at radius 1 is 1.38 bits per heavy atom. The number of pyridine rings is 2. The van der Waals surface area contributed by atoms with Crippen molar-refractivity contribution in [2.75, 3.05) is 11.4 Å². The summed E-state index contributed by atoms with van der Waals surface area (Å²) in [5.74, 6) is -0.371. The molecule has 0 fully saturated rings. The van der Waals surface area contributed by atoms with Crippen LogP contribution in [0.3, 0.4) is 0 Å². The molecule has 0 spiro atoms. The van der Waals surface area contributed by atoms with E-state index in [2.05, 4.69) is 20.9 Å². The molecule has 102 valence electrons. The maximum absolute atomic E-state index is 10.8. The van der Waals surface area contributed by atoms with E-state index in [9.17, 15) is 9.90 Å². The SMILES string of the molecule is Cc1cc(C(=O)[O-])cnc1N1CCc2ncccc2C1.[Li+]. The van der Waals surface area contributed by atoms with Gasteiger partial charge in [0.25, 0.3) is 0 Å². The number of carboxylic acids is 1. The summed E-state index contributed by atoms with van der Waals surface area (Å²) in [4.78, 5) is 21.6. The van der Waals surface area contributed by atoms with E-state index in [-0.39, 0.29) is 24.4 Å². The van der Waals surface area contributed by atoms with Crippen molar-refractivity contribution in [1.29, 1.82) is 0 Å². The van der Waals surface area contributed by atoms with Crippen LogP contribution in [0, 0.1) is 6.92 Å². The first-order valence-electron chi connectivity index (χ1n) is 6.51. The molecule has 0 saturated heterocycles. The second-order valence-electron chi connectivity index (χ2n) is 4.93. The summed E-state index contributed by atoms with van der Waals surface area (Å²) in [5.41, 5.74) is 3.29. The van der Waals surface area contributed by atoms with Crippen molar-refractivity contribution in [3.05, 3.63) is 53.0 Å². The fourth-order valence-corrected chi connectivity index (χ4v) is 2.56. The minimum absolute atomic E-state index is 0. The van der Waals surface area contributed by atoms with Crippen molar-refractivity contribution >= 4 is 11.8 Å². The summed E-state index contributed by atoms with van der Waals surface area (Å²) in [5, 5.41) is 10.8. The van der Waals surface area contributed by atoms with Gasteiger partial charge >= 0.3 is 18.9 Å². The topological polar surface area (TPSA) is 69.2 Å². The van der Waals surface area contributed by atoms with Crippen molar-refractivity contribution in [3.8, 4) is 0 Å². The van der Waals surface area contributed by atoms with E-state index in [1.54, 1.807) is 6.07 Å². The van der Waals surface area contributed by atoms with E-state index in [4.69, 9.17) is 0 Å². The molecule has 3 rings (SSSR count). The second-order valence-corrected chi connectivity index (χ2v) is 4.93. The Morgan fingerprint density at radius 2 is 2.19 bits per heavy atom. The number of carbonyl (C=O) groups is 1. The minimum Gasteiger partial charge on any atom is -0.545 e. The Bertz CT molecular complexity index is 676. The molecular formula is C15H14LiN3O2. The fourth-order valence-electron chi connectivity index (χ4n) is 2.56. The summed E-state index contributed by atoms with van der Waals surface area (Å²) in [7, 11) is 0. The molecule has 6 heteroatoms. The van der Waals surface area contributed by atoms with Gasteiger partial charge in [-0.2, -0.15) is 0 Å². The predicted molar refractivity (Wildman–Crippen MR) is 72.3 cm³/mol. The number of anilines is 1. The number of hydrogen-bond acceptors (Lipinski definition) is 5. The van der Waals surface area contributed by atoms with Crippen LogP contribution in [0.5, 0.6) is 0 Å². The van der Waals surface area contributed by atoms with Crippen molar-refractivity contribution in [2.24, 2.45) is 0 Å². The standard InChI is InChI=1S/C15H15N3O2.Li/c1-10-7-12(15(19)20)8-17-14(10)18-6-4-13-11(9-18)3-2-5-16-13;/h2-3,5,7-8H,4,6,9H2,1H3,(H,19,20);/q;+1/p-1. The Balaban J connectivity index is 0.00000161. The largest absolute Gasteiger partial charge is 1.00 e. The van der Waals surface area contributed by atoms with Crippen LogP contribution >= 0.6 is 0 Å². The van der Waals surface area contributed by atoms with Crippen LogP contribution in [-0.2, 0) is 13.0 Å². The van der Waals surface area contributed by atoms with E-state index in [0.29, 0.717) is 0 Å². The van der Waals surface area contributed by atoms with Gasteiger partial charge in [0.15, 0.2) is 0 Å². The van der Waals surface area contributed by atoms with Gasteiger partial charge in [0.05, 0.1) is 5.97 Å². The molecule has 1 aliphatic rings. The van der Waals surface area contributed by atoms with Gasteiger partial charge in [-0.3, -0.25) is 4.98 Å². The molecule has 5 nitrogen and oxygen atoms in total. The molecule has 2 aromatic rings. The summed E-state index contributed by atoms with van der Waals surface area (Å²) >= 11 is 0. The number of nitrogens with zero attached hydrogens (tertiary/aromatic N) is 3. The van der Waals surface area contributed by atoms with Gasteiger partial charge in [0, 0.05) is 43.2 Å². The van der Waals surface area contributed by atoms with Crippen LogP contribution in [0.25, 0.3) is 0 Å². The molecule has 0 aromatic carbocycles. The molecule has 0 atom stereocenters. The van der Waals surface area contributed by atoms with Gasteiger partial charge in [-0.15, -0.1) is 0 Å². The molecule has 0 aliphatic carbocycles. The number of hydrogen-bond donors (Lipinski definition) is 0. The monoisotopic (exact) mass is 275 g/mol. The predicted octanol–water partition coefficient (Wildman–Crippen LogP) is -2.28. The molecule has 0 amide bonds. The molecule has 0 unspecified atom stereocenters. The van der Waals surface area contributed by atoms with Gasteiger partial charge in [0.2, 0.25) is 0 Å². The van der Waals surface area contributed by atoms with E-state index in [0.717, 1.165) is 36.6 Å². The fraction of sp³-hybridized carbons (Fsp3) is 0.267. The maximum Gasteiger partial charge on any atom is 1.00 e. The third-order valence-corrected chi connectivity index (χ3v) is 3.55. The van der Waals surface area contributed by atoms with Gasteiger partial charge < -0.3 is 14.8 Å². The summed E-state index contributed by atoms with van der Waals surface area (Å²) < 4.78 is 0. The molecule has 3 heterocycles. The summed E-state index contributed by atoms with van der Waals surface area (Å²) in [6, 6.07) is 5.61. The molecular weight excluding hydrogens is 261 g/mol. The minimum atomic E-state index is -1.19. The van der Waals surface area contributed by atoms with Crippen LogP contribution in [0.2, 0.25) is 0 Å². The number of carbonyl (C=O) groups excluding carboxylic acids is 1. The Hall–Kier alpha value is -1.83. The average molecular weight is 275 g/mol. The van der Waals surface area contributed by atoms with Crippen LogP contribution in [-0.4, -0.2) is 22.5 Å². The van der Waals surface area contributed by atoms with E-state index < -0.39 is 5.97 Å². The second kappa shape index (κ2) is 6.29.